The summed E-state index contributed by atoms with van der Waals surface area (Å²) in [5.41, 5.74) is 2.29. The fourth-order valence-electron chi connectivity index (χ4n) is 3.98. The third-order valence-corrected chi connectivity index (χ3v) is 5.68. The second-order valence-corrected chi connectivity index (χ2v) is 7.93. The number of hydrogen-bond acceptors (Lipinski definition) is 4. The maximum atomic E-state index is 4.64. The first-order valence-electron chi connectivity index (χ1n) is 10.9. The number of benzene rings is 1. The summed E-state index contributed by atoms with van der Waals surface area (Å²) in [7, 11) is 4.06. The molecule has 0 amide bonds. The molecule has 0 aliphatic carbocycles. The number of nitrogens with one attached hydrogen (secondary N) is 2. The Morgan fingerprint density at radius 3 is 2.53 bits per heavy atom. The van der Waals surface area contributed by atoms with E-state index in [1.165, 1.54) is 38.1 Å². The molecule has 0 radical (unpaired) electrons. The largest absolute Gasteiger partial charge is 0.356 e. The number of likely N-dealkylation sites (N-methyl/N-ethyl adjacent to an activating group) is 1. The molecule has 1 aliphatic rings. The Bertz CT molecular complexity index is 789. The second kappa shape index (κ2) is 13.1. The van der Waals surface area contributed by atoms with Crippen molar-refractivity contribution in [1.82, 2.24) is 30.0 Å². The highest BCUT2D eigenvalue weighted by Crippen LogP contribution is 2.15. The minimum absolute atomic E-state index is 0. The molecule has 1 aliphatic heterocycles. The van der Waals surface area contributed by atoms with Crippen LogP contribution in [-0.2, 0) is 6.54 Å². The quantitative estimate of drug-likeness (QED) is 0.239. The van der Waals surface area contributed by atoms with E-state index in [1.54, 1.807) is 0 Å². The van der Waals surface area contributed by atoms with Crippen LogP contribution < -0.4 is 10.6 Å². The maximum Gasteiger partial charge on any atom is 0.190 e. The molecule has 168 valence electrons. The van der Waals surface area contributed by atoms with E-state index < -0.39 is 0 Å². The van der Waals surface area contributed by atoms with Gasteiger partial charge in [0.1, 0.15) is 5.82 Å². The molecule has 0 saturated carbocycles. The summed E-state index contributed by atoms with van der Waals surface area (Å²) in [6.45, 7) is 10.9. The van der Waals surface area contributed by atoms with E-state index in [9.17, 15) is 0 Å². The Kier molecular flexibility index (Phi) is 10.9. The van der Waals surface area contributed by atoms with Crippen molar-refractivity contribution in [1.29, 1.82) is 0 Å². The van der Waals surface area contributed by atoms with Gasteiger partial charge >= 0.3 is 0 Å². The molecule has 1 aromatic heterocycles. The number of fused-ring (bicyclic) bond motifs is 1. The molecule has 0 atom stereocenters. The first kappa shape index (κ1) is 24.9. The highest BCUT2D eigenvalue weighted by atomic mass is 127. The Labute approximate surface area is 198 Å². The Morgan fingerprint density at radius 1 is 1.03 bits per heavy atom. The van der Waals surface area contributed by atoms with Gasteiger partial charge in [-0.25, -0.2) is 4.98 Å². The molecule has 8 heteroatoms. The lowest BCUT2D eigenvalue weighted by molar-refractivity contribution is 0.274. The summed E-state index contributed by atoms with van der Waals surface area (Å²) in [6, 6.07) is 8.34. The van der Waals surface area contributed by atoms with Gasteiger partial charge in [0.25, 0.3) is 0 Å². The van der Waals surface area contributed by atoms with Crippen LogP contribution in [0.25, 0.3) is 11.0 Å². The van der Waals surface area contributed by atoms with Gasteiger partial charge < -0.3 is 25.0 Å². The molecule has 30 heavy (non-hydrogen) atoms. The molecule has 0 unspecified atom stereocenters. The van der Waals surface area contributed by atoms with Crippen LogP contribution in [0, 0.1) is 6.92 Å². The molecule has 7 nitrogen and oxygen atoms in total. The van der Waals surface area contributed by atoms with Gasteiger partial charge in [0, 0.05) is 39.8 Å². The number of hydrogen-bond donors (Lipinski definition) is 2. The third-order valence-electron chi connectivity index (χ3n) is 5.68. The third kappa shape index (κ3) is 7.39. The number of aliphatic imine (C=N–C) groups is 1. The van der Waals surface area contributed by atoms with Crippen molar-refractivity contribution in [3.05, 3.63) is 30.1 Å². The average molecular weight is 527 g/mol. The Morgan fingerprint density at radius 2 is 1.77 bits per heavy atom. The first-order chi connectivity index (χ1) is 14.2. The molecule has 0 spiro atoms. The smallest absolute Gasteiger partial charge is 0.190 e. The molecular formula is C22H38IN7. The van der Waals surface area contributed by atoms with Crippen LogP contribution in [0.2, 0.25) is 0 Å². The zero-order chi connectivity index (χ0) is 20.5. The van der Waals surface area contributed by atoms with E-state index in [-0.39, 0.29) is 24.0 Å². The summed E-state index contributed by atoms with van der Waals surface area (Å²) in [5, 5.41) is 6.89. The summed E-state index contributed by atoms with van der Waals surface area (Å²) in [5.74, 6) is 1.97. The minimum Gasteiger partial charge on any atom is -0.356 e. The van der Waals surface area contributed by atoms with Crippen molar-refractivity contribution in [3.63, 3.8) is 0 Å². The monoisotopic (exact) mass is 527 g/mol. The number of aromatic nitrogens is 2. The zero-order valence-corrected chi connectivity index (χ0v) is 21.1. The van der Waals surface area contributed by atoms with Gasteiger partial charge in [-0.15, -0.1) is 24.0 Å². The first-order valence-corrected chi connectivity index (χ1v) is 10.9. The van der Waals surface area contributed by atoms with Crippen LogP contribution in [0.3, 0.4) is 0 Å². The van der Waals surface area contributed by atoms with Crippen molar-refractivity contribution >= 4 is 41.0 Å². The van der Waals surface area contributed by atoms with Gasteiger partial charge in [-0.2, -0.15) is 0 Å². The summed E-state index contributed by atoms with van der Waals surface area (Å²) in [4.78, 5) is 14.0. The molecule has 3 rings (SSSR count). The number of halogens is 1. The normalized spacial score (nSPS) is 16.3. The van der Waals surface area contributed by atoms with Crippen LogP contribution in [0.1, 0.15) is 25.1 Å². The Balaban J connectivity index is 0.00000320. The van der Waals surface area contributed by atoms with Crippen molar-refractivity contribution in [2.24, 2.45) is 4.99 Å². The fraction of sp³-hybridized carbons (Fsp3) is 0.636. The van der Waals surface area contributed by atoms with E-state index in [1.807, 2.05) is 13.1 Å². The van der Waals surface area contributed by atoms with Crippen LogP contribution in [0.4, 0.5) is 0 Å². The van der Waals surface area contributed by atoms with Crippen molar-refractivity contribution in [3.8, 4) is 0 Å². The van der Waals surface area contributed by atoms with Gasteiger partial charge in [-0.05, 0) is 65.0 Å². The fourth-order valence-corrected chi connectivity index (χ4v) is 3.98. The van der Waals surface area contributed by atoms with Crippen LogP contribution in [-0.4, -0.2) is 85.2 Å². The van der Waals surface area contributed by atoms with E-state index in [0.29, 0.717) is 0 Å². The van der Waals surface area contributed by atoms with Crippen molar-refractivity contribution in [2.75, 3.05) is 59.9 Å². The molecule has 2 heterocycles. The van der Waals surface area contributed by atoms with Crippen LogP contribution in [0.5, 0.6) is 0 Å². The molecule has 1 saturated heterocycles. The summed E-state index contributed by atoms with van der Waals surface area (Å²) >= 11 is 0. The topological polar surface area (TPSA) is 60.7 Å². The standard InChI is InChI=1S/C22H37N7.HI/c1-19-26-20-9-4-5-10-21(20)29(19)16-7-12-25-22(23-2)24-11-6-14-28-15-8-13-27(3)17-18-28;/h4-5,9-10H,6-8,11-18H2,1-3H3,(H2,23,24,25);1H. The van der Waals surface area contributed by atoms with Crippen molar-refractivity contribution < 1.29 is 0 Å². The van der Waals surface area contributed by atoms with E-state index in [0.717, 1.165) is 56.3 Å². The number of guanidine groups is 1. The van der Waals surface area contributed by atoms with Gasteiger partial charge in [0.15, 0.2) is 5.96 Å². The summed E-state index contributed by atoms with van der Waals surface area (Å²) < 4.78 is 2.30. The SMILES string of the molecule is CN=C(NCCCN1CCCN(C)CC1)NCCCn1c(C)nc2ccccc21.I. The summed E-state index contributed by atoms with van der Waals surface area (Å²) in [6.07, 6.45) is 3.45. The molecular weight excluding hydrogens is 489 g/mol. The van der Waals surface area contributed by atoms with Gasteiger partial charge in [-0.3, -0.25) is 4.99 Å². The molecule has 0 bridgehead atoms. The molecule has 2 N–H and O–H groups in total. The second-order valence-electron chi connectivity index (χ2n) is 7.93. The lowest BCUT2D eigenvalue weighted by atomic mass is 10.3. The number of aryl methyl sites for hydroxylation is 2. The number of imidazole rings is 1. The van der Waals surface area contributed by atoms with E-state index in [4.69, 9.17) is 0 Å². The van der Waals surface area contributed by atoms with E-state index in [2.05, 4.69) is 67.1 Å². The van der Waals surface area contributed by atoms with Gasteiger partial charge in [0.2, 0.25) is 0 Å². The Hall–Kier alpha value is -1.39. The highest BCUT2D eigenvalue weighted by molar-refractivity contribution is 14.0. The molecule has 2 aromatic rings. The predicted molar refractivity (Wildman–Crippen MR) is 137 cm³/mol. The lowest BCUT2D eigenvalue weighted by Gasteiger charge is -2.20. The van der Waals surface area contributed by atoms with Gasteiger partial charge in [-0.1, -0.05) is 12.1 Å². The number of para-hydroxylation sites is 2. The minimum atomic E-state index is 0. The number of rotatable bonds is 8. The zero-order valence-electron chi connectivity index (χ0n) is 18.7. The predicted octanol–water partition coefficient (Wildman–Crippen LogP) is 2.55. The average Bonchev–Trinajstić information content (AvgIpc) is 2.89. The van der Waals surface area contributed by atoms with E-state index >= 15 is 0 Å². The number of nitrogens with zero attached hydrogens (tertiary/aromatic N) is 5. The maximum absolute atomic E-state index is 4.64. The van der Waals surface area contributed by atoms with Crippen LogP contribution >= 0.6 is 24.0 Å². The highest BCUT2D eigenvalue weighted by Gasteiger charge is 2.11. The molecule has 1 aromatic carbocycles. The molecule has 1 fully saturated rings. The van der Waals surface area contributed by atoms with Crippen LogP contribution in [0.15, 0.2) is 29.3 Å². The van der Waals surface area contributed by atoms with Gasteiger partial charge in [0.05, 0.1) is 11.0 Å². The van der Waals surface area contributed by atoms with Crippen molar-refractivity contribution in [2.45, 2.75) is 32.7 Å². The lowest BCUT2D eigenvalue weighted by Crippen LogP contribution is -2.39.